The minimum Gasteiger partial charge on any atom is -0.497 e. The topological polar surface area (TPSA) is 86.5 Å². The van der Waals surface area contributed by atoms with E-state index in [1.54, 1.807) is 31.1 Å². The third-order valence-corrected chi connectivity index (χ3v) is 5.26. The highest BCUT2D eigenvalue weighted by molar-refractivity contribution is 5.92. The van der Waals surface area contributed by atoms with Gasteiger partial charge in [0.05, 0.1) is 19.7 Å². The molecule has 3 aromatic heterocycles. The number of benzene rings is 2. The van der Waals surface area contributed by atoms with Crippen LogP contribution in [0.1, 0.15) is 5.56 Å². The second-order valence-electron chi connectivity index (χ2n) is 7.22. The van der Waals surface area contributed by atoms with Gasteiger partial charge in [-0.25, -0.2) is 9.97 Å². The number of anilines is 1. The molecule has 5 aromatic rings. The Morgan fingerprint density at radius 3 is 2.69 bits per heavy atom. The van der Waals surface area contributed by atoms with Gasteiger partial charge in [0.25, 0.3) is 0 Å². The van der Waals surface area contributed by atoms with Crippen molar-refractivity contribution >= 4 is 22.5 Å². The van der Waals surface area contributed by atoms with Crippen LogP contribution in [0.5, 0.6) is 11.5 Å². The quantitative estimate of drug-likeness (QED) is 0.421. The Kier molecular flexibility index (Phi) is 5.25. The van der Waals surface area contributed by atoms with Crippen LogP contribution in [-0.2, 0) is 6.42 Å². The number of hydrogen-bond acceptors (Lipinski definition) is 7. The maximum absolute atomic E-state index is 5.50. The van der Waals surface area contributed by atoms with Crippen molar-refractivity contribution in [3.63, 3.8) is 0 Å². The van der Waals surface area contributed by atoms with E-state index in [-0.39, 0.29) is 0 Å². The lowest BCUT2D eigenvalue weighted by molar-refractivity contribution is 0.399. The molecule has 8 heteroatoms. The maximum Gasteiger partial charge on any atom is 0.226 e. The van der Waals surface area contributed by atoms with E-state index < -0.39 is 0 Å². The lowest BCUT2D eigenvalue weighted by atomic mass is 10.1. The van der Waals surface area contributed by atoms with Gasteiger partial charge in [-0.15, -0.1) is 5.10 Å². The van der Waals surface area contributed by atoms with Crippen LogP contribution in [0.4, 0.5) is 5.95 Å². The van der Waals surface area contributed by atoms with Crippen molar-refractivity contribution in [1.82, 2.24) is 24.6 Å². The van der Waals surface area contributed by atoms with Gasteiger partial charge >= 0.3 is 0 Å². The lowest BCUT2D eigenvalue weighted by Crippen LogP contribution is -2.12. The molecular weight excluding hydrogens is 404 g/mol. The summed E-state index contributed by atoms with van der Waals surface area (Å²) in [6.45, 7) is 0.631. The first kappa shape index (κ1) is 19.7. The first-order valence-electron chi connectivity index (χ1n) is 10.3. The number of methoxy groups -OCH3 is 2. The molecule has 32 heavy (non-hydrogen) atoms. The molecular formula is C24H22N6O2. The highest BCUT2D eigenvalue weighted by Crippen LogP contribution is 2.26. The molecule has 0 aliphatic carbocycles. The number of ether oxygens (including phenoxy) is 2. The number of rotatable bonds is 7. The van der Waals surface area contributed by atoms with Gasteiger partial charge in [0.2, 0.25) is 5.95 Å². The summed E-state index contributed by atoms with van der Waals surface area (Å²) < 4.78 is 12.6. The minimum absolute atomic E-state index is 0.605. The van der Waals surface area contributed by atoms with E-state index in [9.17, 15) is 0 Å². The summed E-state index contributed by atoms with van der Waals surface area (Å²) in [5.41, 5.74) is 3.50. The summed E-state index contributed by atoms with van der Waals surface area (Å²) >= 11 is 0. The first-order valence-corrected chi connectivity index (χ1v) is 10.3. The number of pyridine rings is 1. The molecule has 0 aliphatic rings. The SMILES string of the molecule is COc1ccc(OC)c(CCNc2nc3ccccc3c3nc(-c4cccnc4)nn23)c1. The normalized spacial score (nSPS) is 11.1. The van der Waals surface area contributed by atoms with Crippen LogP contribution in [0.3, 0.4) is 0 Å². The van der Waals surface area contributed by atoms with Crippen molar-refractivity contribution in [3.8, 4) is 22.9 Å². The third kappa shape index (κ3) is 3.66. The Labute approximate surface area is 184 Å². The summed E-state index contributed by atoms with van der Waals surface area (Å²) in [4.78, 5) is 13.8. The van der Waals surface area contributed by atoms with E-state index in [1.165, 1.54) is 0 Å². The second kappa shape index (κ2) is 8.50. The fourth-order valence-electron chi connectivity index (χ4n) is 3.67. The molecule has 0 unspecified atom stereocenters. The largest absolute Gasteiger partial charge is 0.497 e. The second-order valence-corrected chi connectivity index (χ2v) is 7.22. The number of fused-ring (bicyclic) bond motifs is 3. The smallest absolute Gasteiger partial charge is 0.226 e. The van der Waals surface area contributed by atoms with Gasteiger partial charge < -0.3 is 14.8 Å². The van der Waals surface area contributed by atoms with Crippen molar-refractivity contribution in [2.45, 2.75) is 6.42 Å². The number of para-hydroxylation sites is 1. The predicted octanol–water partition coefficient (Wildman–Crippen LogP) is 4.01. The van der Waals surface area contributed by atoms with Crippen LogP contribution in [0, 0.1) is 0 Å². The Hall–Kier alpha value is -4.20. The van der Waals surface area contributed by atoms with Crippen LogP contribution < -0.4 is 14.8 Å². The number of hydrogen-bond donors (Lipinski definition) is 1. The van der Waals surface area contributed by atoms with Gasteiger partial charge in [-0.05, 0) is 54.4 Å². The van der Waals surface area contributed by atoms with E-state index in [4.69, 9.17) is 24.5 Å². The fraction of sp³-hybridized carbons (Fsp3) is 0.167. The molecule has 0 spiro atoms. The van der Waals surface area contributed by atoms with E-state index in [1.807, 2.05) is 54.6 Å². The zero-order valence-corrected chi connectivity index (χ0v) is 17.8. The van der Waals surface area contributed by atoms with Gasteiger partial charge in [-0.3, -0.25) is 4.98 Å². The molecule has 0 fully saturated rings. The standard InChI is InChI=1S/C24H22N6O2/c1-31-18-9-10-21(32-2)16(14-18)11-13-26-24-27-20-8-4-3-7-19(20)23-28-22(29-30(23)24)17-6-5-12-25-15-17/h3-10,12,14-15H,11,13H2,1-2H3,(H,26,27). The molecule has 5 rings (SSSR count). The van der Waals surface area contributed by atoms with Crippen LogP contribution in [-0.4, -0.2) is 45.3 Å². The minimum atomic E-state index is 0.605. The number of nitrogens with one attached hydrogen (secondary N) is 1. The molecule has 0 aliphatic heterocycles. The molecule has 1 N–H and O–H groups in total. The van der Waals surface area contributed by atoms with Crippen molar-refractivity contribution in [3.05, 3.63) is 72.6 Å². The monoisotopic (exact) mass is 426 g/mol. The molecule has 0 atom stereocenters. The summed E-state index contributed by atoms with van der Waals surface area (Å²) in [5, 5.41) is 9.07. The van der Waals surface area contributed by atoms with Crippen LogP contribution in [0.2, 0.25) is 0 Å². The molecule has 0 saturated carbocycles. The van der Waals surface area contributed by atoms with Gasteiger partial charge in [0, 0.05) is 29.9 Å². The molecule has 0 bridgehead atoms. The Balaban J connectivity index is 1.50. The average molecular weight is 426 g/mol. The summed E-state index contributed by atoms with van der Waals surface area (Å²) in [6, 6.07) is 17.5. The van der Waals surface area contributed by atoms with Gasteiger partial charge in [-0.2, -0.15) is 4.52 Å². The average Bonchev–Trinajstić information content (AvgIpc) is 3.31. The molecule has 2 aromatic carbocycles. The number of nitrogens with zero attached hydrogens (tertiary/aromatic N) is 5. The third-order valence-electron chi connectivity index (χ3n) is 5.26. The summed E-state index contributed by atoms with van der Waals surface area (Å²) in [6.07, 6.45) is 4.21. The molecule has 0 radical (unpaired) electrons. The first-order chi connectivity index (χ1) is 15.8. The summed E-state index contributed by atoms with van der Waals surface area (Å²) in [5.74, 6) is 2.85. The van der Waals surface area contributed by atoms with Crippen molar-refractivity contribution in [2.75, 3.05) is 26.1 Å². The number of aromatic nitrogens is 5. The molecule has 3 heterocycles. The molecule has 160 valence electrons. The maximum atomic E-state index is 5.50. The fourth-order valence-corrected chi connectivity index (χ4v) is 3.67. The van der Waals surface area contributed by atoms with Gasteiger partial charge in [0.1, 0.15) is 11.5 Å². The van der Waals surface area contributed by atoms with E-state index >= 15 is 0 Å². The molecule has 0 saturated heterocycles. The lowest BCUT2D eigenvalue weighted by Gasteiger charge is -2.12. The van der Waals surface area contributed by atoms with Gasteiger partial charge in [-0.1, -0.05) is 12.1 Å². The van der Waals surface area contributed by atoms with Crippen molar-refractivity contribution in [1.29, 1.82) is 0 Å². The highest BCUT2D eigenvalue weighted by Gasteiger charge is 2.15. The summed E-state index contributed by atoms with van der Waals surface area (Å²) in [7, 11) is 3.33. The zero-order valence-electron chi connectivity index (χ0n) is 17.8. The highest BCUT2D eigenvalue weighted by atomic mass is 16.5. The Morgan fingerprint density at radius 1 is 0.969 bits per heavy atom. The predicted molar refractivity (Wildman–Crippen MR) is 123 cm³/mol. The van der Waals surface area contributed by atoms with Crippen LogP contribution in [0.15, 0.2) is 67.0 Å². The Bertz CT molecular complexity index is 1380. The van der Waals surface area contributed by atoms with E-state index in [0.717, 1.165) is 45.6 Å². The molecule has 8 nitrogen and oxygen atoms in total. The van der Waals surface area contributed by atoms with Gasteiger partial charge in [0.15, 0.2) is 11.5 Å². The molecule has 0 amide bonds. The zero-order chi connectivity index (χ0) is 21.9. The van der Waals surface area contributed by atoms with E-state index in [0.29, 0.717) is 18.3 Å². The van der Waals surface area contributed by atoms with Crippen LogP contribution >= 0.6 is 0 Å². The Morgan fingerprint density at radius 2 is 1.88 bits per heavy atom. The van der Waals surface area contributed by atoms with Crippen molar-refractivity contribution in [2.24, 2.45) is 0 Å². The van der Waals surface area contributed by atoms with Crippen molar-refractivity contribution < 1.29 is 9.47 Å². The van der Waals surface area contributed by atoms with Crippen LogP contribution in [0.25, 0.3) is 27.9 Å². The van der Waals surface area contributed by atoms with E-state index in [2.05, 4.69) is 10.3 Å².